The van der Waals surface area contributed by atoms with Gasteiger partial charge in [-0.05, 0) is 40.9 Å². The topological polar surface area (TPSA) is 61.4 Å². The van der Waals surface area contributed by atoms with Crippen LogP contribution in [0.3, 0.4) is 0 Å². The van der Waals surface area contributed by atoms with Gasteiger partial charge in [-0.25, -0.2) is 0 Å². The van der Waals surface area contributed by atoms with Gasteiger partial charge in [-0.2, -0.15) is 0 Å². The molecular formula is C16H21BrClN3O2. The summed E-state index contributed by atoms with van der Waals surface area (Å²) < 4.78 is 0.883. The standard InChI is InChI=1S/C16H20BrN3O2.ClH/c17-13-3-1-2-4-14(13)19-15(21)11-5-7-20(8-6-11)16(22)12-9-18-10-12;/h1-4,11-12,18H,5-10H2,(H,19,21);1H. The quantitative estimate of drug-likeness (QED) is 0.815. The van der Waals surface area contributed by atoms with Crippen LogP contribution < -0.4 is 10.6 Å². The van der Waals surface area contributed by atoms with Crippen LogP contribution >= 0.6 is 28.3 Å². The third kappa shape index (κ3) is 4.25. The Morgan fingerprint density at radius 1 is 1.13 bits per heavy atom. The Bertz CT molecular complexity index is 572. The average Bonchev–Trinajstić information content (AvgIpc) is 2.48. The molecule has 2 amide bonds. The fraction of sp³-hybridized carbons (Fsp3) is 0.500. The highest BCUT2D eigenvalue weighted by Crippen LogP contribution is 2.25. The molecule has 0 atom stereocenters. The number of amides is 2. The summed E-state index contributed by atoms with van der Waals surface area (Å²) >= 11 is 3.43. The lowest BCUT2D eigenvalue weighted by atomic mass is 9.93. The highest BCUT2D eigenvalue weighted by Gasteiger charge is 2.33. The van der Waals surface area contributed by atoms with Crippen LogP contribution in [0.15, 0.2) is 28.7 Å². The van der Waals surface area contributed by atoms with Crippen LogP contribution in [0.25, 0.3) is 0 Å². The van der Waals surface area contributed by atoms with Gasteiger partial charge in [0, 0.05) is 36.6 Å². The molecule has 2 aliphatic heterocycles. The van der Waals surface area contributed by atoms with Crippen molar-refractivity contribution in [1.29, 1.82) is 0 Å². The highest BCUT2D eigenvalue weighted by atomic mass is 79.9. The van der Waals surface area contributed by atoms with Crippen molar-refractivity contribution in [2.24, 2.45) is 11.8 Å². The smallest absolute Gasteiger partial charge is 0.228 e. The van der Waals surface area contributed by atoms with Gasteiger partial charge in [0.1, 0.15) is 0 Å². The van der Waals surface area contributed by atoms with E-state index in [-0.39, 0.29) is 36.1 Å². The van der Waals surface area contributed by atoms with Crippen molar-refractivity contribution in [3.63, 3.8) is 0 Å². The monoisotopic (exact) mass is 401 g/mol. The van der Waals surface area contributed by atoms with E-state index in [1.54, 1.807) is 0 Å². The molecule has 7 heteroatoms. The zero-order chi connectivity index (χ0) is 15.5. The van der Waals surface area contributed by atoms with E-state index in [1.807, 2.05) is 29.2 Å². The summed E-state index contributed by atoms with van der Waals surface area (Å²) in [5.41, 5.74) is 0.798. The zero-order valence-electron chi connectivity index (χ0n) is 12.8. The molecular weight excluding hydrogens is 382 g/mol. The predicted octanol–water partition coefficient (Wildman–Crippen LogP) is 2.27. The number of piperidine rings is 1. The summed E-state index contributed by atoms with van der Waals surface area (Å²) in [4.78, 5) is 26.4. The second-order valence-corrected chi connectivity index (χ2v) is 6.78. The molecule has 23 heavy (non-hydrogen) atoms. The van der Waals surface area contributed by atoms with Gasteiger partial charge in [0.15, 0.2) is 0 Å². The molecule has 2 fully saturated rings. The van der Waals surface area contributed by atoms with Gasteiger partial charge < -0.3 is 15.5 Å². The summed E-state index contributed by atoms with van der Waals surface area (Å²) in [7, 11) is 0. The van der Waals surface area contributed by atoms with E-state index in [2.05, 4.69) is 26.6 Å². The first-order valence-electron chi connectivity index (χ1n) is 7.70. The maximum Gasteiger partial charge on any atom is 0.228 e. The van der Waals surface area contributed by atoms with Crippen LogP contribution in [0.1, 0.15) is 12.8 Å². The molecule has 0 spiro atoms. The van der Waals surface area contributed by atoms with Crippen molar-refractivity contribution in [3.05, 3.63) is 28.7 Å². The molecule has 1 aromatic carbocycles. The number of likely N-dealkylation sites (tertiary alicyclic amines) is 1. The first-order chi connectivity index (χ1) is 10.6. The van der Waals surface area contributed by atoms with Crippen LogP contribution in [-0.4, -0.2) is 42.9 Å². The van der Waals surface area contributed by atoms with Gasteiger partial charge in [0.2, 0.25) is 11.8 Å². The lowest BCUT2D eigenvalue weighted by molar-refractivity contribution is -0.139. The van der Waals surface area contributed by atoms with Gasteiger partial charge in [-0.3, -0.25) is 9.59 Å². The fourth-order valence-electron chi connectivity index (χ4n) is 2.88. The van der Waals surface area contributed by atoms with Gasteiger partial charge in [0.25, 0.3) is 0 Å². The number of carbonyl (C=O) groups is 2. The minimum absolute atomic E-state index is 0. The largest absolute Gasteiger partial charge is 0.342 e. The van der Waals surface area contributed by atoms with E-state index in [9.17, 15) is 9.59 Å². The van der Waals surface area contributed by atoms with Crippen LogP contribution in [0.4, 0.5) is 5.69 Å². The normalized spacial score (nSPS) is 18.7. The minimum Gasteiger partial charge on any atom is -0.342 e. The maximum atomic E-state index is 12.4. The van der Waals surface area contributed by atoms with Crippen molar-refractivity contribution in [3.8, 4) is 0 Å². The van der Waals surface area contributed by atoms with Crippen molar-refractivity contribution < 1.29 is 9.59 Å². The first-order valence-corrected chi connectivity index (χ1v) is 8.49. The predicted molar refractivity (Wildman–Crippen MR) is 95.7 cm³/mol. The highest BCUT2D eigenvalue weighted by molar-refractivity contribution is 9.10. The number of carbonyl (C=O) groups excluding carboxylic acids is 2. The number of rotatable bonds is 3. The molecule has 0 unspecified atom stereocenters. The molecule has 2 saturated heterocycles. The number of halogens is 2. The Labute approximate surface area is 150 Å². The number of hydrogen-bond donors (Lipinski definition) is 2. The van der Waals surface area contributed by atoms with E-state index >= 15 is 0 Å². The van der Waals surface area contributed by atoms with Crippen LogP contribution in [0.2, 0.25) is 0 Å². The molecule has 1 aromatic rings. The van der Waals surface area contributed by atoms with E-state index in [1.165, 1.54) is 0 Å². The SMILES string of the molecule is Cl.O=C(Nc1ccccc1Br)C1CCN(C(=O)C2CNC2)CC1. The molecule has 0 aromatic heterocycles. The Morgan fingerprint density at radius 2 is 1.78 bits per heavy atom. The summed E-state index contributed by atoms with van der Waals surface area (Å²) in [5.74, 6) is 0.411. The molecule has 3 rings (SSSR count). The van der Waals surface area contributed by atoms with E-state index in [0.29, 0.717) is 13.1 Å². The number of hydrogen-bond acceptors (Lipinski definition) is 3. The van der Waals surface area contributed by atoms with Gasteiger partial charge in [-0.1, -0.05) is 12.1 Å². The van der Waals surface area contributed by atoms with Gasteiger partial charge in [-0.15, -0.1) is 12.4 Å². The van der Waals surface area contributed by atoms with Crippen LogP contribution in [0.5, 0.6) is 0 Å². The Hall–Kier alpha value is -1.11. The van der Waals surface area contributed by atoms with Crippen LogP contribution in [-0.2, 0) is 9.59 Å². The second kappa shape index (κ2) is 8.13. The maximum absolute atomic E-state index is 12.4. The van der Waals surface area contributed by atoms with Gasteiger partial charge in [0.05, 0.1) is 11.6 Å². The average molecular weight is 403 g/mol. The number of para-hydroxylation sites is 1. The van der Waals surface area contributed by atoms with E-state index < -0.39 is 0 Å². The van der Waals surface area contributed by atoms with Crippen molar-refractivity contribution >= 4 is 45.8 Å². The van der Waals surface area contributed by atoms with Gasteiger partial charge >= 0.3 is 0 Å². The second-order valence-electron chi connectivity index (χ2n) is 5.92. The van der Waals surface area contributed by atoms with E-state index in [0.717, 1.165) is 36.1 Å². The third-order valence-electron chi connectivity index (χ3n) is 4.44. The minimum atomic E-state index is -0.0179. The summed E-state index contributed by atoms with van der Waals surface area (Å²) in [6.07, 6.45) is 1.48. The lowest BCUT2D eigenvalue weighted by Crippen LogP contribution is -2.53. The molecule has 126 valence electrons. The molecule has 2 N–H and O–H groups in total. The Kier molecular flexibility index (Phi) is 6.44. The first kappa shape index (κ1) is 18.2. The molecule has 5 nitrogen and oxygen atoms in total. The molecule has 2 aliphatic rings. The lowest BCUT2D eigenvalue weighted by Gasteiger charge is -2.36. The Balaban J connectivity index is 0.00000192. The molecule has 0 saturated carbocycles. The molecule has 2 heterocycles. The zero-order valence-corrected chi connectivity index (χ0v) is 15.2. The summed E-state index contributed by atoms with van der Waals surface area (Å²) in [6, 6.07) is 7.60. The molecule has 0 bridgehead atoms. The molecule has 0 aliphatic carbocycles. The number of nitrogens with one attached hydrogen (secondary N) is 2. The molecule has 0 radical (unpaired) electrons. The van der Waals surface area contributed by atoms with Crippen LogP contribution in [0, 0.1) is 11.8 Å². The summed E-state index contributed by atoms with van der Waals surface area (Å²) in [6.45, 7) is 2.95. The fourth-order valence-corrected chi connectivity index (χ4v) is 3.26. The van der Waals surface area contributed by atoms with Crippen molar-refractivity contribution in [1.82, 2.24) is 10.2 Å². The van der Waals surface area contributed by atoms with E-state index in [4.69, 9.17) is 0 Å². The summed E-state index contributed by atoms with van der Waals surface area (Å²) in [5, 5.41) is 6.09. The number of nitrogens with zero attached hydrogens (tertiary/aromatic N) is 1. The number of benzene rings is 1. The Morgan fingerprint density at radius 3 is 2.35 bits per heavy atom. The van der Waals surface area contributed by atoms with Crippen molar-refractivity contribution in [2.45, 2.75) is 12.8 Å². The number of anilines is 1. The third-order valence-corrected chi connectivity index (χ3v) is 5.13. The van der Waals surface area contributed by atoms with Crippen molar-refractivity contribution in [2.75, 3.05) is 31.5 Å².